The molecule has 3 rings (SSSR count). The number of fused-ring (bicyclic) bond motifs is 1. The second kappa shape index (κ2) is 6.61. The fourth-order valence-electron chi connectivity index (χ4n) is 2.88. The number of hydrogen-bond acceptors (Lipinski definition) is 3. The smallest absolute Gasteiger partial charge is 0.341 e. The van der Waals surface area contributed by atoms with Crippen molar-refractivity contribution in [2.75, 3.05) is 11.5 Å². The highest BCUT2D eigenvalue weighted by molar-refractivity contribution is 6.30. The topological polar surface area (TPSA) is 46.6 Å². The van der Waals surface area contributed by atoms with Gasteiger partial charge in [-0.3, -0.25) is 4.79 Å². The summed E-state index contributed by atoms with van der Waals surface area (Å²) in [6.45, 7) is 1.48. The minimum absolute atomic E-state index is 0.0131. The minimum Gasteiger partial charge on any atom is -0.452 e. The van der Waals surface area contributed by atoms with Crippen molar-refractivity contribution >= 4 is 29.2 Å². The normalized spacial score (nSPS) is 16.0. The molecule has 1 aliphatic heterocycles. The van der Waals surface area contributed by atoms with Gasteiger partial charge in [-0.25, -0.2) is 9.18 Å². The Hall–Kier alpha value is -2.40. The Kier molecular flexibility index (Phi) is 4.53. The number of amides is 1. The molecule has 124 valence electrons. The molecule has 0 saturated carbocycles. The molecular weight excluding hydrogens is 333 g/mol. The van der Waals surface area contributed by atoms with Crippen molar-refractivity contribution in [1.29, 1.82) is 0 Å². The van der Waals surface area contributed by atoms with E-state index in [1.165, 1.54) is 12.1 Å². The van der Waals surface area contributed by atoms with Crippen molar-refractivity contribution in [3.63, 3.8) is 0 Å². The largest absolute Gasteiger partial charge is 0.452 e. The Morgan fingerprint density at radius 1 is 1.29 bits per heavy atom. The van der Waals surface area contributed by atoms with E-state index < -0.39 is 18.4 Å². The van der Waals surface area contributed by atoms with E-state index in [-0.39, 0.29) is 22.5 Å². The second-order valence-corrected chi connectivity index (χ2v) is 6.08. The summed E-state index contributed by atoms with van der Waals surface area (Å²) in [4.78, 5) is 26.0. The van der Waals surface area contributed by atoms with Gasteiger partial charge in [-0.1, -0.05) is 29.8 Å². The van der Waals surface area contributed by atoms with E-state index in [9.17, 15) is 14.0 Å². The van der Waals surface area contributed by atoms with Crippen LogP contribution in [0.4, 0.5) is 10.1 Å². The zero-order valence-electron chi connectivity index (χ0n) is 13.0. The van der Waals surface area contributed by atoms with Crippen molar-refractivity contribution in [2.24, 2.45) is 0 Å². The molecule has 0 N–H and O–H groups in total. The van der Waals surface area contributed by atoms with Gasteiger partial charge in [0.1, 0.15) is 5.82 Å². The maximum Gasteiger partial charge on any atom is 0.341 e. The molecule has 0 aliphatic carbocycles. The number of para-hydroxylation sites is 1. The molecule has 0 saturated heterocycles. The molecule has 0 fully saturated rings. The third-order valence-corrected chi connectivity index (χ3v) is 4.19. The summed E-state index contributed by atoms with van der Waals surface area (Å²) >= 11 is 5.65. The van der Waals surface area contributed by atoms with E-state index in [0.717, 1.165) is 23.7 Å². The van der Waals surface area contributed by atoms with E-state index in [1.54, 1.807) is 4.90 Å². The van der Waals surface area contributed by atoms with Crippen LogP contribution >= 0.6 is 11.6 Å². The lowest BCUT2D eigenvalue weighted by atomic mass is 10.1. The zero-order valence-corrected chi connectivity index (χ0v) is 13.7. The Bertz CT molecular complexity index is 809. The van der Waals surface area contributed by atoms with Crippen LogP contribution in [0.25, 0.3) is 0 Å². The van der Waals surface area contributed by atoms with Crippen molar-refractivity contribution < 1.29 is 18.7 Å². The highest BCUT2D eigenvalue weighted by Gasteiger charge is 2.31. The molecule has 0 bridgehead atoms. The molecule has 1 atom stereocenters. The molecule has 4 nitrogen and oxygen atoms in total. The standard InChI is InChI=1S/C18H15ClFNO3/c1-11-8-12-4-2-3-5-16(12)21(11)17(22)10-24-18(23)14-7-6-13(19)9-15(14)20/h2-7,9,11H,8,10H2,1H3/t11-/m0/s1. The fraction of sp³-hybridized carbons (Fsp3) is 0.222. The Morgan fingerprint density at radius 2 is 2.04 bits per heavy atom. The van der Waals surface area contributed by atoms with Gasteiger partial charge in [0, 0.05) is 16.8 Å². The number of rotatable bonds is 3. The molecule has 1 aliphatic rings. The number of esters is 1. The monoisotopic (exact) mass is 347 g/mol. The number of carbonyl (C=O) groups excluding carboxylic acids is 2. The number of anilines is 1. The van der Waals surface area contributed by atoms with Crippen LogP contribution in [0.5, 0.6) is 0 Å². The summed E-state index contributed by atoms with van der Waals surface area (Å²) in [5.74, 6) is -2.01. The highest BCUT2D eigenvalue weighted by Crippen LogP contribution is 2.31. The van der Waals surface area contributed by atoms with Crippen LogP contribution in [0.15, 0.2) is 42.5 Å². The minimum atomic E-state index is -0.891. The van der Waals surface area contributed by atoms with Crippen LogP contribution in [0.3, 0.4) is 0 Å². The number of halogens is 2. The fourth-order valence-corrected chi connectivity index (χ4v) is 3.03. The Morgan fingerprint density at radius 3 is 2.79 bits per heavy atom. The maximum atomic E-state index is 13.7. The van der Waals surface area contributed by atoms with E-state index in [1.807, 2.05) is 31.2 Å². The predicted molar refractivity (Wildman–Crippen MR) is 88.8 cm³/mol. The summed E-state index contributed by atoms with van der Waals surface area (Å²) in [7, 11) is 0. The summed E-state index contributed by atoms with van der Waals surface area (Å²) < 4.78 is 18.7. The first-order chi connectivity index (χ1) is 11.5. The lowest BCUT2D eigenvalue weighted by molar-refractivity contribution is -0.122. The van der Waals surface area contributed by atoms with Gasteiger partial charge >= 0.3 is 5.97 Å². The second-order valence-electron chi connectivity index (χ2n) is 5.65. The predicted octanol–water partition coefficient (Wildman–Crippen LogP) is 3.61. The third-order valence-electron chi connectivity index (χ3n) is 3.95. The van der Waals surface area contributed by atoms with Crippen LogP contribution in [-0.2, 0) is 16.0 Å². The van der Waals surface area contributed by atoms with Crippen LogP contribution in [0, 0.1) is 5.82 Å². The Balaban J connectivity index is 1.69. The van der Waals surface area contributed by atoms with E-state index in [4.69, 9.17) is 16.3 Å². The molecule has 0 spiro atoms. The number of hydrogen-bond donors (Lipinski definition) is 0. The molecular formula is C18H15ClFNO3. The van der Waals surface area contributed by atoms with Crippen molar-refractivity contribution in [2.45, 2.75) is 19.4 Å². The first-order valence-corrected chi connectivity index (χ1v) is 7.87. The van der Waals surface area contributed by atoms with Crippen molar-refractivity contribution in [1.82, 2.24) is 0 Å². The summed E-state index contributed by atoms with van der Waals surface area (Å²) in [5, 5.41) is 0.183. The molecule has 6 heteroatoms. The van der Waals surface area contributed by atoms with E-state index in [0.29, 0.717) is 0 Å². The highest BCUT2D eigenvalue weighted by atomic mass is 35.5. The molecule has 2 aromatic rings. The first kappa shape index (κ1) is 16.5. The molecule has 1 amide bonds. The molecule has 1 heterocycles. The van der Waals surface area contributed by atoms with Gasteiger partial charge in [-0.2, -0.15) is 0 Å². The molecule has 0 aromatic heterocycles. The average Bonchev–Trinajstić information content (AvgIpc) is 2.88. The van der Waals surface area contributed by atoms with E-state index >= 15 is 0 Å². The number of ether oxygens (including phenoxy) is 1. The van der Waals surface area contributed by atoms with Crippen molar-refractivity contribution in [3.05, 3.63) is 64.4 Å². The van der Waals surface area contributed by atoms with Crippen molar-refractivity contribution in [3.8, 4) is 0 Å². The average molecular weight is 348 g/mol. The lowest BCUT2D eigenvalue weighted by Gasteiger charge is -2.22. The van der Waals surface area contributed by atoms with Gasteiger partial charge in [0.25, 0.3) is 5.91 Å². The third kappa shape index (κ3) is 3.12. The Labute approximate surface area is 143 Å². The van der Waals surface area contributed by atoms with Crippen LogP contribution < -0.4 is 4.90 Å². The summed E-state index contributed by atoms with van der Waals surface area (Å²) in [5.41, 5.74) is 1.65. The van der Waals surface area contributed by atoms with Gasteiger partial charge in [0.05, 0.1) is 5.56 Å². The number of benzene rings is 2. The number of carbonyl (C=O) groups is 2. The van der Waals surface area contributed by atoms with E-state index in [2.05, 4.69) is 0 Å². The summed E-state index contributed by atoms with van der Waals surface area (Å²) in [6.07, 6.45) is 0.752. The SMILES string of the molecule is C[C@H]1Cc2ccccc2N1C(=O)COC(=O)c1ccc(Cl)cc1F. The van der Waals surface area contributed by atoms with Gasteiger partial charge in [-0.05, 0) is 43.2 Å². The number of nitrogens with zero attached hydrogens (tertiary/aromatic N) is 1. The van der Waals surface area contributed by atoms with Gasteiger partial charge in [0.15, 0.2) is 6.61 Å². The zero-order chi connectivity index (χ0) is 17.3. The van der Waals surface area contributed by atoms with Crippen LogP contribution in [0.1, 0.15) is 22.8 Å². The molecule has 0 radical (unpaired) electrons. The van der Waals surface area contributed by atoms with Gasteiger partial charge < -0.3 is 9.64 Å². The summed E-state index contributed by atoms with van der Waals surface area (Å²) in [6, 6.07) is 11.2. The molecule has 0 unspecified atom stereocenters. The lowest BCUT2D eigenvalue weighted by Crippen LogP contribution is -2.38. The maximum absolute atomic E-state index is 13.7. The van der Waals surface area contributed by atoms with Crippen LogP contribution in [0.2, 0.25) is 5.02 Å². The van der Waals surface area contributed by atoms with Crippen LogP contribution in [-0.4, -0.2) is 24.5 Å². The molecule has 24 heavy (non-hydrogen) atoms. The van der Waals surface area contributed by atoms with Gasteiger partial charge in [-0.15, -0.1) is 0 Å². The molecule has 2 aromatic carbocycles. The van der Waals surface area contributed by atoms with Gasteiger partial charge in [0.2, 0.25) is 0 Å². The first-order valence-electron chi connectivity index (χ1n) is 7.49. The quantitative estimate of drug-likeness (QED) is 0.797.